The molecular formula is C18H27NO2. The molecule has 3 nitrogen and oxygen atoms in total. The fraction of sp³-hybridized carbons (Fsp3) is 0.611. The van der Waals surface area contributed by atoms with E-state index in [1.807, 2.05) is 6.92 Å². The fourth-order valence-corrected chi connectivity index (χ4v) is 3.02. The van der Waals surface area contributed by atoms with Crippen molar-refractivity contribution in [1.29, 1.82) is 0 Å². The maximum absolute atomic E-state index is 11.3. The predicted octanol–water partition coefficient (Wildman–Crippen LogP) is 3.87. The summed E-state index contributed by atoms with van der Waals surface area (Å²) in [5, 5.41) is 0. The Morgan fingerprint density at radius 1 is 1.29 bits per heavy atom. The third kappa shape index (κ3) is 4.76. The van der Waals surface area contributed by atoms with Crippen LogP contribution in [0.15, 0.2) is 18.2 Å². The number of carbonyl (C=O) groups is 1. The SMILES string of the molecule is CCOC(=O)CCCCCN1CCCc2cc(C)ccc21. The average molecular weight is 289 g/mol. The number of anilines is 1. The van der Waals surface area contributed by atoms with E-state index in [0.29, 0.717) is 13.0 Å². The maximum atomic E-state index is 11.3. The summed E-state index contributed by atoms with van der Waals surface area (Å²) in [6.07, 6.45) is 6.19. The normalized spacial score (nSPS) is 13.9. The van der Waals surface area contributed by atoms with Crippen molar-refractivity contribution in [2.45, 2.75) is 52.4 Å². The zero-order valence-corrected chi connectivity index (χ0v) is 13.4. The van der Waals surface area contributed by atoms with Gasteiger partial charge >= 0.3 is 5.97 Å². The molecule has 1 aliphatic heterocycles. The van der Waals surface area contributed by atoms with Crippen LogP contribution in [0.1, 0.15) is 50.2 Å². The van der Waals surface area contributed by atoms with Crippen molar-refractivity contribution in [3.8, 4) is 0 Å². The van der Waals surface area contributed by atoms with Crippen LogP contribution in [0.4, 0.5) is 5.69 Å². The second kappa shape index (κ2) is 8.06. The number of hydrogen-bond acceptors (Lipinski definition) is 3. The molecule has 0 bridgehead atoms. The molecule has 2 rings (SSSR count). The molecule has 3 heteroatoms. The van der Waals surface area contributed by atoms with E-state index in [4.69, 9.17) is 4.74 Å². The molecule has 0 radical (unpaired) electrons. The molecule has 0 unspecified atom stereocenters. The van der Waals surface area contributed by atoms with Crippen LogP contribution in [0.5, 0.6) is 0 Å². The van der Waals surface area contributed by atoms with Crippen LogP contribution in [-0.2, 0) is 16.0 Å². The molecule has 1 aromatic rings. The quantitative estimate of drug-likeness (QED) is 0.563. The number of nitrogens with zero attached hydrogens (tertiary/aromatic N) is 1. The lowest BCUT2D eigenvalue weighted by Gasteiger charge is -2.31. The number of unbranched alkanes of at least 4 members (excludes halogenated alkanes) is 2. The van der Waals surface area contributed by atoms with Crippen molar-refractivity contribution in [2.24, 2.45) is 0 Å². The lowest BCUT2D eigenvalue weighted by molar-refractivity contribution is -0.143. The van der Waals surface area contributed by atoms with Crippen molar-refractivity contribution in [3.05, 3.63) is 29.3 Å². The van der Waals surface area contributed by atoms with Gasteiger partial charge in [0.1, 0.15) is 0 Å². The van der Waals surface area contributed by atoms with E-state index in [2.05, 4.69) is 30.0 Å². The number of hydrogen-bond donors (Lipinski definition) is 0. The molecule has 0 N–H and O–H groups in total. The van der Waals surface area contributed by atoms with Crippen molar-refractivity contribution >= 4 is 11.7 Å². The zero-order valence-electron chi connectivity index (χ0n) is 13.4. The molecule has 0 spiro atoms. The van der Waals surface area contributed by atoms with Crippen LogP contribution < -0.4 is 4.90 Å². The average Bonchev–Trinajstić information content (AvgIpc) is 2.47. The molecule has 0 aromatic heterocycles. The Bertz CT molecular complexity index is 470. The Labute approximate surface area is 128 Å². The molecule has 0 amide bonds. The van der Waals surface area contributed by atoms with Crippen LogP contribution in [0.25, 0.3) is 0 Å². The van der Waals surface area contributed by atoms with Gasteiger partial charge in [0.15, 0.2) is 0 Å². The van der Waals surface area contributed by atoms with Crippen LogP contribution >= 0.6 is 0 Å². The van der Waals surface area contributed by atoms with E-state index in [0.717, 1.165) is 32.4 Å². The Morgan fingerprint density at radius 3 is 2.95 bits per heavy atom. The van der Waals surface area contributed by atoms with Crippen molar-refractivity contribution in [2.75, 3.05) is 24.6 Å². The van der Waals surface area contributed by atoms with Gasteiger partial charge in [-0.25, -0.2) is 0 Å². The first-order valence-electron chi connectivity index (χ1n) is 8.21. The lowest BCUT2D eigenvalue weighted by atomic mass is 9.99. The van der Waals surface area contributed by atoms with Gasteiger partial charge in [-0.1, -0.05) is 24.1 Å². The van der Waals surface area contributed by atoms with Gasteiger partial charge in [-0.05, 0) is 51.2 Å². The Morgan fingerprint density at radius 2 is 2.14 bits per heavy atom. The summed E-state index contributed by atoms with van der Waals surface area (Å²) >= 11 is 0. The third-order valence-electron chi connectivity index (χ3n) is 4.06. The van der Waals surface area contributed by atoms with Crippen molar-refractivity contribution in [3.63, 3.8) is 0 Å². The van der Waals surface area contributed by atoms with Crippen LogP contribution in [0.3, 0.4) is 0 Å². The highest BCUT2D eigenvalue weighted by Gasteiger charge is 2.16. The molecule has 1 heterocycles. The molecule has 0 saturated carbocycles. The summed E-state index contributed by atoms with van der Waals surface area (Å²) in [4.78, 5) is 13.8. The molecule has 116 valence electrons. The highest BCUT2D eigenvalue weighted by molar-refractivity contribution is 5.69. The van der Waals surface area contributed by atoms with Gasteiger partial charge in [0.2, 0.25) is 0 Å². The van der Waals surface area contributed by atoms with E-state index < -0.39 is 0 Å². The number of aryl methyl sites for hydroxylation is 2. The first-order chi connectivity index (χ1) is 10.2. The number of carbonyl (C=O) groups excluding carboxylic acids is 1. The summed E-state index contributed by atoms with van der Waals surface area (Å²) < 4.78 is 4.95. The van der Waals surface area contributed by atoms with E-state index in [1.54, 1.807) is 0 Å². The number of ether oxygens (including phenoxy) is 1. The molecule has 0 saturated heterocycles. The number of fused-ring (bicyclic) bond motifs is 1. The highest BCUT2D eigenvalue weighted by Crippen LogP contribution is 2.28. The monoisotopic (exact) mass is 289 g/mol. The number of esters is 1. The topological polar surface area (TPSA) is 29.5 Å². The molecule has 0 aliphatic carbocycles. The second-order valence-electron chi connectivity index (χ2n) is 5.84. The molecule has 1 aromatic carbocycles. The summed E-state index contributed by atoms with van der Waals surface area (Å²) in [5.41, 5.74) is 4.26. The minimum atomic E-state index is -0.0590. The minimum Gasteiger partial charge on any atom is -0.466 e. The fourth-order valence-electron chi connectivity index (χ4n) is 3.02. The van der Waals surface area contributed by atoms with E-state index in [-0.39, 0.29) is 5.97 Å². The first-order valence-corrected chi connectivity index (χ1v) is 8.21. The molecular weight excluding hydrogens is 262 g/mol. The van der Waals surface area contributed by atoms with Gasteiger partial charge in [0.05, 0.1) is 6.61 Å². The molecule has 0 fully saturated rings. The first kappa shape index (κ1) is 15.9. The molecule has 1 aliphatic rings. The summed E-state index contributed by atoms with van der Waals surface area (Å²) in [7, 11) is 0. The summed E-state index contributed by atoms with van der Waals surface area (Å²) in [6, 6.07) is 6.79. The standard InChI is InChI=1S/C18H27NO2/c1-3-21-18(20)9-5-4-6-12-19-13-7-8-16-14-15(2)10-11-17(16)19/h10-11,14H,3-9,12-13H2,1-2H3. The van der Waals surface area contributed by atoms with Crippen LogP contribution in [0, 0.1) is 6.92 Å². The van der Waals surface area contributed by atoms with Gasteiger partial charge < -0.3 is 9.64 Å². The number of benzene rings is 1. The summed E-state index contributed by atoms with van der Waals surface area (Å²) in [6.45, 7) is 6.76. The highest BCUT2D eigenvalue weighted by atomic mass is 16.5. The summed E-state index contributed by atoms with van der Waals surface area (Å²) in [5.74, 6) is -0.0590. The molecule has 0 atom stereocenters. The van der Waals surface area contributed by atoms with Crippen molar-refractivity contribution in [1.82, 2.24) is 0 Å². The van der Waals surface area contributed by atoms with Gasteiger partial charge in [-0.15, -0.1) is 0 Å². The largest absolute Gasteiger partial charge is 0.466 e. The van der Waals surface area contributed by atoms with Crippen LogP contribution in [0.2, 0.25) is 0 Å². The minimum absolute atomic E-state index is 0.0590. The Kier molecular flexibility index (Phi) is 6.09. The van der Waals surface area contributed by atoms with Gasteiger partial charge in [0, 0.05) is 25.2 Å². The molecule has 21 heavy (non-hydrogen) atoms. The van der Waals surface area contributed by atoms with E-state index >= 15 is 0 Å². The predicted molar refractivity (Wildman–Crippen MR) is 86.8 cm³/mol. The van der Waals surface area contributed by atoms with Crippen molar-refractivity contribution < 1.29 is 9.53 Å². The lowest BCUT2D eigenvalue weighted by Crippen LogP contribution is -2.30. The van der Waals surface area contributed by atoms with Crippen LogP contribution in [-0.4, -0.2) is 25.7 Å². The second-order valence-corrected chi connectivity index (χ2v) is 5.84. The Balaban J connectivity index is 1.74. The van der Waals surface area contributed by atoms with Gasteiger partial charge in [-0.3, -0.25) is 4.79 Å². The smallest absolute Gasteiger partial charge is 0.305 e. The third-order valence-corrected chi connectivity index (χ3v) is 4.06. The van der Waals surface area contributed by atoms with Gasteiger partial charge in [-0.2, -0.15) is 0 Å². The van der Waals surface area contributed by atoms with E-state index in [9.17, 15) is 4.79 Å². The maximum Gasteiger partial charge on any atom is 0.305 e. The van der Waals surface area contributed by atoms with Gasteiger partial charge in [0.25, 0.3) is 0 Å². The van der Waals surface area contributed by atoms with E-state index in [1.165, 1.54) is 29.7 Å². The number of rotatable bonds is 7. The zero-order chi connectivity index (χ0) is 15.1. The Hall–Kier alpha value is -1.51.